The van der Waals surface area contributed by atoms with Crippen molar-refractivity contribution in [1.82, 2.24) is 4.90 Å². The number of nitrogens with zero attached hydrogens (tertiary/aromatic N) is 1. The monoisotopic (exact) mass is 369 g/mol. The quantitative estimate of drug-likeness (QED) is 0.788. The van der Waals surface area contributed by atoms with Crippen LogP contribution in [0, 0.1) is 5.92 Å². The molecule has 0 aliphatic carbocycles. The van der Waals surface area contributed by atoms with Crippen LogP contribution in [0.4, 0.5) is 0 Å². The number of methoxy groups -OCH3 is 1. The SMILES string of the molecule is CCN(CC)[C@H]1Oc2cc3c(cc2[C@@H](c2ccc(OC)cc2)[C@@H]1C)OCO3. The Morgan fingerprint density at radius 1 is 1.00 bits per heavy atom. The van der Waals surface area contributed by atoms with Gasteiger partial charge in [0, 0.05) is 23.5 Å². The van der Waals surface area contributed by atoms with Gasteiger partial charge in [-0.2, -0.15) is 0 Å². The standard InChI is InChI=1S/C22H27NO4/c1-5-23(6-2)22-14(3)21(15-7-9-16(24-4)10-8-15)17-11-19-20(26-13-25-19)12-18(17)27-22/h7-12,14,21-22H,5-6,13H2,1-4H3/t14-,21+,22-/m0/s1. The largest absolute Gasteiger partial charge is 0.497 e. The number of ether oxygens (including phenoxy) is 4. The Bertz CT molecular complexity index is 801. The first-order valence-corrected chi connectivity index (χ1v) is 9.64. The van der Waals surface area contributed by atoms with Crippen molar-refractivity contribution < 1.29 is 18.9 Å². The summed E-state index contributed by atoms with van der Waals surface area (Å²) in [5.74, 6) is 3.80. The normalized spacial score (nSPS) is 23.1. The van der Waals surface area contributed by atoms with Crippen LogP contribution in [0.15, 0.2) is 36.4 Å². The number of fused-ring (bicyclic) bond motifs is 2. The van der Waals surface area contributed by atoms with Crippen molar-refractivity contribution in [3.63, 3.8) is 0 Å². The maximum absolute atomic E-state index is 6.48. The number of hydrogen-bond acceptors (Lipinski definition) is 5. The van der Waals surface area contributed by atoms with Gasteiger partial charge in [-0.1, -0.05) is 32.9 Å². The molecule has 0 aromatic heterocycles. The highest BCUT2D eigenvalue weighted by Gasteiger charge is 2.40. The van der Waals surface area contributed by atoms with E-state index >= 15 is 0 Å². The minimum absolute atomic E-state index is 0.0139. The highest BCUT2D eigenvalue weighted by atomic mass is 16.7. The van der Waals surface area contributed by atoms with Crippen molar-refractivity contribution in [2.45, 2.75) is 32.9 Å². The first-order valence-electron chi connectivity index (χ1n) is 9.64. The fourth-order valence-electron chi connectivity index (χ4n) is 4.25. The van der Waals surface area contributed by atoms with Crippen LogP contribution in [0.1, 0.15) is 37.8 Å². The zero-order valence-corrected chi connectivity index (χ0v) is 16.4. The molecule has 0 saturated carbocycles. The third-order valence-electron chi connectivity index (χ3n) is 5.71. The second-order valence-electron chi connectivity index (χ2n) is 7.08. The van der Waals surface area contributed by atoms with Crippen LogP contribution in [-0.4, -0.2) is 38.1 Å². The first kappa shape index (κ1) is 18.0. The van der Waals surface area contributed by atoms with Crippen molar-refractivity contribution in [3.8, 4) is 23.0 Å². The van der Waals surface area contributed by atoms with Crippen molar-refractivity contribution in [2.24, 2.45) is 5.92 Å². The van der Waals surface area contributed by atoms with Crippen LogP contribution in [0.2, 0.25) is 0 Å². The third-order valence-corrected chi connectivity index (χ3v) is 5.71. The second kappa shape index (κ2) is 7.31. The summed E-state index contributed by atoms with van der Waals surface area (Å²) in [5, 5.41) is 0. The minimum Gasteiger partial charge on any atom is -0.497 e. The molecule has 27 heavy (non-hydrogen) atoms. The van der Waals surface area contributed by atoms with Gasteiger partial charge in [-0.3, -0.25) is 4.90 Å². The summed E-state index contributed by atoms with van der Waals surface area (Å²) in [6, 6.07) is 12.4. The molecule has 4 rings (SSSR count). The Morgan fingerprint density at radius 2 is 1.67 bits per heavy atom. The fourth-order valence-corrected chi connectivity index (χ4v) is 4.25. The van der Waals surface area contributed by atoms with Gasteiger partial charge in [-0.05, 0) is 36.9 Å². The zero-order valence-electron chi connectivity index (χ0n) is 16.4. The molecule has 2 aliphatic rings. The van der Waals surface area contributed by atoms with Crippen LogP contribution in [-0.2, 0) is 0 Å². The van der Waals surface area contributed by atoms with Crippen LogP contribution >= 0.6 is 0 Å². The molecule has 5 heteroatoms. The van der Waals surface area contributed by atoms with Gasteiger partial charge in [0.15, 0.2) is 17.7 Å². The Morgan fingerprint density at radius 3 is 2.30 bits per heavy atom. The van der Waals surface area contributed by atoms with Gasteiger partial charge in [0.05, 0.1) is 7.11 Å². The number of hydrogen-bond donors (Lipinski definition) is 0. The lowest BCUT2D eigenvalue weighted by Crippen LogP contribution is -2.48. The molecule has 2 aliphatic heterocycles. The zero-order chi connectivity index (χ0) is 19.0. The molecule has 144 valence electrons. The highest BCUT2D eigenvalue weighted by molar-refractivity contribution is 5.56. The Hall–Kier alpha value is -2.40. The van der Waals surface area contributed by atoms with Crippen molar-refractivity contribution in [2.75, 3.05) is 27.0 Å². The fraction of sp³-hybridized carbons (Fsp3) is 0.455. The summed E-state index contributed by atoms with van der Waals surface area (Å²) in [7, 11) is 1.69. The summed E-state index contributed by atoms with van der Waals surface area (Å²) in [4.78, 5) is 2.37. The molecular formula is C22H27NO4. The number of rotatable bonds is 5. The van der Waals surface area contributed by atoms with E-state index in [1.54, 1.807) is 7.11 Å². The maximum Gasteiger partial charge on any atom is 0.231 e. The van der Waals surface area contributed by atoms with E-state index in [9.17, 15) is 0 Å². The van der Waals surface area contributed by atoms with Crippen molar-refractivity contribution >= 4 is 0 Å². The van der Waals surface area contributed by atoms with E-state index in [0.29, 0.717) is 0 Å². The predicted octanol–water partition coefficient (Wildman–Crippen LogP) is 4.25. The molecule has 0 fully saturated rings. The molecule has 2 heterocycles. The molecule has 0 N–H and O–H groups in total. The summed E-state index contributed by atoms with van der Waals surface area (Å²) in [5.41, 5.74) is 2.41. The van der Waals surface area contributed by atoms with Crippen LogP contribution < -0.4 is 18.9 Å². The Labute approximate surface area is 160 Å². The summed E-state index contributed by atoms with van der Waals surface area (Å²) >= 11 is 0. The molecule has 3 atom stereocenters. The number of benzene rings is 2. The molecule has 0 radical (unpaired) electrons. The van der Waals surface area contributed by atoms with Gasteiger partial charge in [0.25, 0.3) is 0 Å². The molecule has 0 spiro atoms. The third kappa shape index (κ3) is 3.10. The molecule has 0 bridgehead atoms. The predicted molar refractivity (Wildman–Crippen MR) is 104 cm³/mol. The topological polar surface area (TPSA) is 40.2 Å². The molecule has 0 unspecified atom stereocenters. The maximum atomic E-state index is 6.48. The average molecular weight is 369 g/mol. The van der Waals surface area contributed by atoms with Gasteiger partial charge >= 0.3 is 0 Å². The molecule has 2 aromatic carbocycles. The lowest BCUT2D eigenvalue weighted by atomic mass is 9.78. The molecule has 0 saturated heterocycles. The van der Waals surface area contributed by atoms with Crippen molar-refractivity contribution in [3.05, 3.63) is 47.5 Å². The molecule has 5 nitrogen and oxygen atoms in total. The summed E-state index contributed by atoms with van der Waals surface area (Å²) < 4.78 is 23.0. The van der Waals surface area contributed by atoms with Crippen LogP contribution in [0.5, 0.6) is 23.0 Å². The van der Waals surface area contributed by atoms with E-state index in [4.69, 9.17) is 18.9 Å². The van der Waals surface area contributed by atoms with E-state index in [2.05, 4.69) is 43.9 Å². The van der Waals surface area contributed by atoms with E-state index in [0.717, 1.165) is 41.7 Å². The van der Waals surface area contributed by atoms with Gasteiger partial charge in [-0.25, -0.2) is 0 Å². The van der Waals surface area contributed by atoms with Crippen molar-refractivity contribution in [1.29, 1.82) is 0 Å². The minimum atomic E-state index is 0.0139. The second-order valence-corrected chi connectivity index (χ2v) is 7.08. The first-order chi connectivity index (χ1) is 13.2. The van der Waals surface area contributed by atoms with E-state index in [1.165, 1.54) is 5.56 Å². The van der Waals surface area contributed by atoms with Gasteiger partial charge in [-0.15, -0.1) is 0 Å². The Kier molecular flexibility index (Phi) is 4.87. The smallest absolute Gasteiger partial charge is 0.231 e. The lowest BCUT2D eigenvalue weighted by molar-refractivity contribution is -0.0257. The average Bonchev–Trinajstić information content (AvgIpc) is 3.15. The van der Waals surface area contributed by atoms with Gasteiger partial charge in [0.2, 0.25) is 6.79 Å². The Balaban J connectivity index is 1.81. The van der Waals surface area contributed by atoms with Crippen LogP contribution in [0.25, 0.3) is 0 Å². The van der Waals surface area contributed by atoms with Gasteiger partial charge in [0.1, 0.15) is 11.5 Å². The molecule has 0 amide bonds. The van der Waals surface area contributed by atoms with Crippen LogP contribution in [0.3, 0.4) is 0 Å². The highest BCUT2D eigenvalue weighted by Crippen LogP contribution is 2.49. The molecule has 2 aromatic rings. The van der Waals surface area contributed by atoms with E-state index < -0.39 is 0 Å². The lowest BCUT2D eigenvalue weighted by Gasteiger charge is -2.43. The summed E-state index contributed by atoms with van der Waals surface area (Å²) in [6.45, 7) is 8.78. The molecular weight excluding hydrogens is 342 g/mol. The van der Waals surface area contributed by atoms with E-state index in [-0.39, 0.29) is 24.9 Å². The van der Waals surface area contributed by atoms with E-state index in [1.807, 2.05) is 18.2 Å². The van der Waals surface area contributed by atoms with Gasteiger partial charge < -0.3 is 18.9 Å². The summed E-state index contributed by atoms with van der Waals surface area (Å²) in [6.07, 6.45) is 0.0139.